The summed E-state index contributed by atoms with van der Waals surface area (Å²) in [6.45, 7) is 3.99. The Morgan fingerprint density at radius 1 is 1.50 bits per heavy atom. The molecular formula is C14H18O4. The highest BCUT2D eigenvalue weighted by molar-refractivity contribution is 5.77. The largest absolute Gasteiger partial charge is 0.487 e. The lowest BCUT2D eigenvalue weighted by Gasteiger charge is -2.34. The number of para-hydroxylation sites is 1. The number of esters is 1. The number of carbonyl (C=O) groups is 1. The molecule has 0 radical (unpaired) electrons. The van der Waals surface area contributed by atoms with Crippen LogP contribution in [-0.4, -0.2) is 23.8 Å². The molecule has 1 N–H and O–H groups in total. The molecule has 4 heteroatoms. The second-order valence-electron chi connectivity index (χ2n) is 5.12. The van der Waals surface area contributed by atoms with Gasteiger partial charge in [-0.3, -0.25) is 0 Å². The monoisotopic (exact) mass is 250 g/mol. The van der Waals surface area contributed by atoms with E-state index in [2.05, 4.69) is 4.74 Å². The van der Waals surface area contributed by atoms with Crippen molar-refractivity contribution in [3.8, 4) is 5.75 Å². The molecule has 0 bridgehead atoms. The minimum Gasteiger partial charge on any atom is -0.487 e. The van der Waals surface area contributed by atoms with Crippen molar-refractivity contribution < 1.29 is 19.4 Å². The molecule has 18 heavy (non-hydrogen) atoms. The normalized spacial score (nSPS) is 18.4. The maximum atomic E-state index is 11.4. The van der Waals surface area contributed by atoms with Gasteiger partial charge in [-0.25, -0.2) is 4.79 Å². The first-order chi connectivity index (χ1) is 8.44. The minimum atomic E-state index is -1.29. The summed E-state index contributed by atoms with van der Waals surface area (Å²) < 4.78 is 10.5. The topological polar surface area (TPSA) is 55.8 Å². The van der Waals surface area contributed by atoms with Crippen LogP contribution in [0.5, 0.6) is 5.75 Å². The molecule has 1 aromatic rings. The standard InChI is InChI=1S/C14H18O4/c1-14(2)8-7-9-5-4-6-10(12(9)18-14)11(15)13(16)17-3/h4-6,11,15H,7-8H2,1-3H3. The van der Waals surface area contributed by atoms with Crippen LogP contribution in [0.2, 0.25) is 0 Å². The number of aliphatic hydroxyl groups excluding tert-OH is 1. The molecule has 1 atom stereocenters. The SMILES string of the molecule is COC(=O)C(O)c1cccc2c1OC(C)(C)CC2. The number of hydrogen-bond donors (Lipinski definition) is 1. The summed E-state index contributed by atoms with van der Waals surface area (Å²) in [5.41, 5.74) is 1.22. The lowest BCUT2D eigenvalue weighted by molar-refractivity contribution is -0.150. The van der Waals surface area contributed by atoms with Crippen molar-refractivity contribution in [1.82, 2.24) is 0 Å². The van der Waals surface area contributed by atoms with Crippen LogP contribution in [0, 0.1) is 0 Å². The van der Waals surface area contributed by atoms with Crippen LogP contribution in [0.1, 0.15) is 37.5 Å². The fourth-order valence-corrected chi connectivity index (χ4v) is 2.14. The van der Waals surface area contributed by atoms with Crippen molar-refractivity contribution in [3.05, 3.63) is 29.3 Å². The van der Waals surface area contributed by atoms with E-state index in [1.165, 1.54) is 7.11 Å². The summed E-state index contributed by atoms with van der Waals surface area (Å²) in [5.74, 6) is -0.0537. The predicted octanol–water partition coefficient (Wildman–Crippen LogP) is 2.00. The van der Waals surface area contributed by atoms with E-state index in [0.29, 0.717) is 11.3 Å². The number of aryl methyl sites for hydroxylation is 1. The molecule has 1 aromatic carbocycles. The molecule has 98 valence electrons. The third-order valence-corrected chi connectivity index (χ3v) is 3.22. The van der Waals surface area contributed by atoms with E-state index in [0.717, 1.165) is 18.4 Å². The number of rotatable bonds is 2. The Morgan fingerprint density at radius 2 is 2.22 bits per heavy atom. The molecule has 1 heterocycles. The molecule has 2 rings (SSSR count). The highest BCUT2D eigenvalue weighted by Crippen LogP contribution is 2.38. The van der Waals surface area contributed by atoms with E-state index in [1.54, 1.807) is 6.07 Å². The lowest BCUT2D eigenvalue weighted by Crippen LogP contribution is -2.33. The highest BCUT2D eigenvalue weighted by atomic mass is 16.5. The van der Waals surface area contributed by atoms with Gasteiger partial charge in [-0.15, -0.1) is 0 Å². The van der Waals surface area contributed by atoms with Gasteiger partial charge in [-0.1, -0.05) is 18.2 Å². The third-order valence-electron chi connectivity index (χ3n) is 3.22. The Hall–Kier alpha value is -1.55. The number of benzene rings is 1. The lowest BCUT2D eigenvalue weighted by atomic mass is 9.91. The Kier molecular flexibility index (Phi) is 3.30. The first kappa shape index (κ1) is 12.9. The van der Waals surface area contributed by atoms with Gasteiger partial charge in [-0.05, 0) is 32.3 Å². The molecule has 0 spiro atoms. The van der Waals surface area contributed by atoms with Gasteiger partial charge in [0.25, 0.3) is 0 Å². The molecule has 0 saturated carbocycles. The molecule has 0 saturated heterocycles. The van der Waals surface area contributed by atoms with E-state index in [9.17, 15) is 9.90 Å². The fraction of sp³-hybridized carbons (Fsp3) is 0.500. The Bertz CT molecular complexity index is 465. The van der Waals surface area contributed by atoms with Crippen LogP contribution >= 0.6 is 0 Å². The first-order valence-corrected chi connectivity index (χ1v) is 6.01. The van der Waals surface area contributed by atoms with Gasteiger partial charge in [-0.2, -0.15) is 0 Å². The van der Waals surface area contributed by atoms with Crippen LogP contribution in [0.15, 0.2) is 18.2 Å². The van der Waals surface area contributed by atoms with Crippen LogP contribution in [0.4, 0.5) is 0 Å². The highest BCUT2D eigenvalue weighted by Gasteiger charge is 2.31. The van der Waals surface area contributed by atoms with Gasteiger partial charge < -0.3 is 14.6 Å². The summed E-state index contributed by atoms with van der Waals surface area (Å²) in [6, 6.07) is 5.47. The van der Waals surface area contributed by atoms with Crippen molar-refractivity contribution in [2.45, 2.75) is 38.4 Å². The maximum absolute atomic E-state index is 11.4. The van der Waals surface area contributed by atoms with Crippen LogP contribution in [0.3, 0.4) is 0 Å². The van der Waals surface area contributed by atoms with E-state index in [1.807, 2.05) is 26.0 Å². The zero-order valence-corrected chi connectivity index (χ0v) is 10.9. The number of aliphatic hydroxyl groups is 1. The summed E-state index contributed by atoms with van der Waals surface area (Å²) in [5, 5.41) is 9.96. The second-order valence-corrected chi connectivity index (χ2v) is 5.12. The Labute approximate surface area is 107 Å². The van der Waals surface area contributed by atoms with Crippen LogP contribution < -0.4 is 4.74 Å². The summed E-state index contributed by atoms with van der Waals surface area (Å²) in [4.78, 5) is 11.4. The number of hydrogen-bond acceptors (Lipinski definition) is 4. The zero-order chi connectivity index (χ0) is 13.3. The summed E-state index contributed by atoms with van der Waals surface area (Å²) in [6.07, 6.45) is 0.501. The summed E-state index contributed by atoms with van der Waals surface area (Å²) >= 11 is 0. The molecule has 0 fully saturated rings. The average Bonchev–Trinajstić information content (AvgIpc) is 2.35. The zero-order valence-electron chi connectivity index (χ0n) is 10.9. The molecule has 0 amide bonds. The summed E-state index contributed by atoms with van der Waals surface area (Å²) in [7, 11) is 1.26. The van der Waals surface area contributed by atoms with E-state index in [4.69, 9.17) is 4.74 Å². The van der Waals surface area contributed by atoms with Crippen molar-refractivity contribution >= 4 is 5.97 Å². The average molecular weight is 250 g/mol. The Morgan fingerprint density at radius 3 is 2.89 bits per heavy atom. The van der Waals surface area contributed by atoms with Crippen molar-refractivity contribution in [1.29, 1.82) is 0 Å². The molecule has 4 nitrogen and oxygen atoms in total. The fourth-order valence-electron chi connectivity index (χ4n) is 2.14. The van der Waals surface area contributed by atoms with E-state index < -0.39 is 12.1 Å². The van der Waals surface area contributed by atoms with Gasteiger partial charge in [0.2, 0.25) is 0 Å². The van der Waals surface area contributed by atoms with E-state index >= 15 is 0 Å². The quantitative estimate of drug-likeness (QED) is 0.816. The third kappa shape index (κ3) is 2.34. The van der Waals surface area contributed by atoms with E-state index in [-0.39, 0.29) is 5.60 Å². The number of fused-ring (bicyclic) bond motifs is 1. The number of carbonyl (C=O) groups excluding carboxylic acids is 1. The molecule has 0 aliphatic carbocycles. The van der Waals surface area contributed by atoms with Crippen molar-refractivity contribution in [2.75, 3.05) is 7.11 Å². The van der Waals surface area contributed by atoms with Crippen LogP contribution in [0.25, 0.3) is 0 Å². The van der Waals surface area contributed by atoms with Gasteiger partial charge in [0.05, 0.1) is 7.11 Å². The predicted molar refractivity (Wildman–Crippen MR) is 66.4 cm³/mol. The smallest absolute Gasteiger partial charge is 0.339 e. The number of ether oxygens (including phenoxy) is 2. The maximum Gasteiger partial charge on any atom is 0.339 e. The van der Waals surface area contributed by atoms with Gasteiger partial charge in [0, 0.05) is 5.56 Å². The van der Waals surface area contributed by atoms with Crippen LogP contribution in [-0.2, 0) is 16.0 Å². The van der Waals surface area contributed by atoms with Gasteiger partial charge >= 0.3 is 5.97 Å². The minimum absolute atomic E-state index is 0.279. The Balaban J connectivity index is 2.41. The molecule has 0 aromatic heterocycles. The van der Waals surface area contributed by atoms with Crippen molar-refractivity contribution in [2.24, 2.45) is 0 Å². The van der Waals surface area contributed by atoms with Gasteiger partial charge in [0.1, 0.15) is 11.4 Å². The molecule has 1 unspecified atom stereocenters. The molecule has 1 aliphatic rings. The second kappa shape index (κ2) is 4.61. The van der Waals surface area contributed by atoms with Crippen molar-refractivity contribution in [3.63, 3.8) is 0 Å². The van der Waals surface area contributed by atoms with Gasteiger partial charge in [0.15, 0.2) is 6.10 Å². The molecule has 1 aliphatic heterocycles. The number of methoxy groups -OCH3 is 1. The molecular weight excluding hydrogens is 232 g/mol. The first-order valence-electron chi connectivity index (χ1n) is 6.01.